The average Bonchev–Trinajstić information content (AvgIpc) is 2.61. The maximum atomic E-state index is 9.69. The van der Waals surface area contributed by atoms with Crippen LogP contribution in [0, 0.1) is 0 Å². The van der Waals surface area contributed by atoms with Crippen LogP contribution in [0.5, 0.6) is 0 Å². The van der Waals surface area contributed by atoms with Crippen molar-refractivity contribution in [3.63, 3.8) is 0 Å². The molecule has 2 heterocycles. The minimum absolute atomic E-state index is 0.0736. The van der Waals surface area contributed by atoms with Crippen LogP contribution in [0.15, 0.2) is 0 Å². The van der Waals surface area contributed by atoms with Crippen molar-refractivity contribution in [2.24, 2.45) is 0 Å². The summed E-state index contributed by atoms with van der Waals surface area (Å²) in [6.45, 7) is 22.6. The molecular weight excluding hydrogens is 440 g/mol. The van der Waals surface area contributed by atoms with Gasteiger partial charge < -0.3 is 28.5 Å². The normalized spacial score (nSPS) is 32.6. The van der Waals surface area contributed by atoms with Crippen molar-refractivity contribution >= 4 is 16.6 Å². The van der Waals surface area contributed by atoms with Crippen LogP contribution in [0.3, 0.4) is 0 Å². The Labute approximate surface area is 198 Å². The van der Waals surface area contributed by atoms with Crippen molar-refractivity contribution in [1.82, 2.24) is 0 Å². The van der Waals surface area contributed by atoms with Crippen LogP contribution in [0.4, 0.5) is 0 Å². The first-order valence-electron chi connectivity index (χ1n) is 12.4. The zero-order valence-electron chi connectivity index (χ0n) is 22.2. The summed E-state index contributed by atoms with van der Waals surface area (Å²) in [5.74, 6) is 0. The van der Waals surface area contributed by atoms with Crippen molar-refractivity contribution < 1.29 is 28.5 Å². The number of hydrogen-bond donors (Lipinski definition) is 2. The molecule has 6 atom stereocenters. The molecule has 32 heavy (non-hydrogen) atoms. The quantitative estimate of drug-likeness (QED) is 0.474. The van der Waals surface area contributed by atoms with Crippen molar-refractivity contribution in [2.45, 2.75) is 140 Å². The van der Waals surface area contributed by atoms with Crippen LogP contribution in [0.25, 0.3) is 0 Å². The first-order valence-corrected chi connectivity index (χ1v) is 18.2. The van der Waals surface area contributed by atoms with Crippen LogP contribution >= 0.6 is 0 Å². The lowest BCUT2D eigenvalue weighted by molar-refractivity contribution is -0.242. The Balaban J connectivity index is 2.21. The minimum atomic E-state index is -1.99. The van der Waals surface area contributed by atoms with E-state index in [4.69, 9.17) is 18.3 Å². The second-order valence-corrected chi connectivity index (χ2v) is 22.3. The second kappa shape index (κ2) is 10.4. The topological polar surface area (TPSA) is 77.4 Å². The van der Waals surface area contributed by atoms with E-state index in [9.17, 15) is 10.2 Å². The Hall–Kier alpha value is 0.194. The molecule has 2 N–H and O–H groups in total. The van der Waals surface area contributed by atoms with Crippen LogP contribution in [0.1, 0.15) is 67.2 Å². The molecule has 0 amide bonds. The van der Waals surface area contributed by atoms with E-state index in [-0.39, 0.29) is 59.9 Å². The molecule has 2 aliphatic heterocycles. The zero-order chi connectivity index (χ0) is 24.5. The molecule has 2 aliphatic rings. The highest BCUT2D eigenvalue weighted by Gasteiger charge is 2.50. The van der Waals surface area contributed by atoms with Crippen molar-refractivity contribution in [3.8, 4) is 0 Å². The summed E-state index contributed by atoms with van der Waals surface area (Å²) in [6.07, 6.45) is 2.06. The number of aliphatic hydroxyl groups excluding tert-OH is 2. The van der Waals surface area contributed by atoms with Crippen LogP contribution in [0.2, 0.25) is 36.3 Å². The van der Waals surface area contributed by atoms with Gasteiger partial charge in [0.25, 0.3) is 0 Å². The molecule has 2 rings (SSSR count). The highest BCUT2D eigenvalue weighted by molar-refractivity contribution is 6.74. The number of ether oxygens (including phenoxy) is 2. The largest absolute Gasteiger partial charge is 0.411 e. The van der Waals surface area contributed by atoms with Gasteiger partial charge in [-0.1, -0.05) is 41.5 Å². The highest BCUT2D eigenvalue weighted by Crippen LogP contribution is 2.44. The molecule has 0 radical (unpaired) electrons. The predicted molar refractivity (Wildman–Crippen MR) is 134 cm³/mol. The van der Waals surface area contributed by atoms with E-state index in [2.05, 4.69) is 67.7 Å². The van der Waals surface area contributed by atoms with Crippen LogP contribution in [-0.4, -0.2) is 76.7 Å². The third-order valence-electron chi connectivity index (χ3n) is 8.20. The zero-order valence-corrected chi connectivity index (χ0v) is 24.2. The fraction of sp³-hybridized carbons (Fsp3) is 1.00. The summed E-state index contributed by atoms with van der Waals surface area (Å²) >= 11 is 0. The summed E-state index contributed by atoms with van der Waals surface area (Å²) in [7, 11) is -3.99. The van der Waals surface area contributed by atoms with E-state index in [1.807, 2.05) is 0 Å². The summed E-state index contributed by atoms with van der Waals surface area (Å²) in [5.41, 5.74) is 0. The minimum Gasteiger partial charge on any atom is -0.411 e. The fourth-order valence-electron chi connectivity index (χ4n) is 4.10. The molecule has 2 saturated heterocycles. The Kier molecular flexibility index (Phi) is 9.27. The van der Waals surface area contributed by atoms with Crippen LogP contribution in [-0.2, 0) is 18.3 Å². The maximum absolute atomic E-state index is 9.69. The Morgan fingerprint density at radius 3 is 1.25 bits per heavy atom. The lowest BCUT2D eigenvalue weighted by Gasteiger charge is -2.52. The first-order chi connectivity index (χ1) is 14.5. The van der Waals surface area contributed by atoms with Crippen molar-refractivity contribution in [2.75, 3.05) is 13.2 Å². The molecule has 0 aromatic carbocycles. The lowest BCUT2D eigenvalue weighted by atomic mass is 9.89. The van der Waals surface area contributed by atoms with Gasteiger partial charge in [0.05, 0.1) is 36.6 Å². The Bertz CT molecular complexity index is 546. The first kappa shape index (κ1) is 28.4. The molecule has 0 unspecified atom stereocenters. The fourth-order valence-corrected chi connectivity index (χ4v) is 6.81. The molecule has 2 fully saturated rings. The van der Waals surface area contributed by atoms with E-state index < -0.39 is 16.6 Å². The van der Waals surface area contributed by atoms with Gasteiger partial charge in [0.15, 0.2) is 16.6 Å². The third-order valence-corrected chi connectivity index (χ3v) is 17.2. The number of aliphatic hydroxyl groups is 2. The predicted octanol–water partition coefficient (Wildman–Crippen LogP) is 4.85. The standard InChI is InChI=1S/C24H50O6Si2/c1-23(2,3)31(7,8)29-21-15-19-20(27-17(21)11-13-25)16-22(18(28-19)12-14-26)30-32(9,10)24(4,5)6/h17-22,25-26H,11-16H2,1-10H3/t17-,18+,19-,20-,21-,22-/m1/s1. The summed E-state index contributed by atoms with van der Waals surface area (Å²) in [5, 5.41) is 19.6. The molecule has 0 spiro atoms. The Morgan fingerprint density at radius 2 is 1.00 bits per heavy atom. The average molecular weight is 491 g/mol. The van der Waals surface area contributed by atoms with Gasteiger partial charge in [0.1, 0.15) is 0 Å². The van der Waals surface area contributed by atoms with E-state index in [1.54, 1.807) is 0 Å². The monoisotopic (exact) mass is 490 g/mol. The van der Waals surface area contributed by atoms with Crippen LogP contribution < -0.4 is 0 Å². The molecular formula is C24H50O6Si2. The summed E-state index contributed by atoms with van der Waals surface area (Å²) < 4.78 is 26.6. The highest BCUT2D eigenvalue weighted by atomic mass is 28.4. The van der Waals surface area contributed by atoms with Gasteiger partial charge in [0.2, 0.25) is 0 Å². The molecule has 0 aromatic rings. The van der Waals surface area contributed by atoms with Gasteiger partial charge in [-0.05, 0) is 49.1 Å². The molecule has 6 nitrogen and oxygen atoms in total. The molecule has 190 valence electrons. The van der Waals surface area contributed by atoms with Gasteiger partial charge in [-0.15, -0.1) is 0 Å². The third kappa shape index (κ3) is 6.65. The summed E-state index contributed by atoms with van der Waals surface area (Å²) in [6, 6.07) is 0. The van der Waals surface area contributed by atoms with Crippen molar-refractivity contribution in [3.05, 3.63) is 0 Å². The van der Waals surface area contributed by atoms with E-state index in [0.29, 0.717) is 12.8 Å². The van der Waals surface area contributed by atoms with Crippen molar-refractivity contribution in [1.29, 1.82) is 0 Å². The smallest absolute Gasteiger partial charge is 0.192 e. The number of rotatable bonds is 8. The molecule has 8 heteroatoms. The number of hydrogen-bond acceptors (Lipinski definition) is 6. The van der Waals surface area contributed by atoms with E-state index >= 15 is 0 Å². The van der Waals surface area contributed by atoms with Gasteiger partial charge in [-0.25, -0.2) is 0 Å². The lowest BCUT2D eigenvalue weighted by Crippen LogP contribution is -2.60. The molecule has 0 aliphatic carbocycles. The maximum Gasteiger partial charge on any atom is 0.192 e. The SMILES string of the molecule is CC(C)(C)[Si](C)(C)O[C@@H]1C[C@H]2O[C@H](CCO)[C@H](O[Si](C)(C)C(C)(C)C)C[C@H]2O[C@H]1CCO. The second-order valence-electron chi connectivity index (χ2n) is 12.8. The van der Waals surface area contributed by atoms with Gasteiger partial charge in [-0.3, -0.25) is 0 Å². The van der Waals surface area contributed by atoms with Gasteiger partial charge in [0, 0.05) is 26.1 Å². The molecule has 0 aromatic heterocycles. The van der Waals surface area contributed by atoms with E-state index in [1.165, 1.54) is 0 Å². The van der Waals surface area contributed by atoms with Gasteiger partial charge in [-0.2, -0.15) is 0 Å². The van der Waals surface area contributed by atoms with Gasteiger partial charge >= 0.3 is 0 Å². The number of fused-ring (bicyclic) bond motifs is 1. The molecule has 0 saturated carbocycles. The summed E-state index contributed by atoms with van der Waals surface area (Å²) in [4.78, 5) is 0. The molecule has 0 bridgehead atoms. The Morgan fingerprint density at radius 1 is 0.688 bits per heavy atom. The van der Waals surface area contributed by atoms with E-state index in [0.717, 1.165) is 12.8 Å².